The Labute approximate surface area is 176 Å². The molecule has 0 radical (unpaired) electrons. The number of hydrogen-bond donors (Lipinski definition) is 0. The lowest BCUT2D eigenvalue weighted by molar-refractivity contribution is -0.00517. The summed E-state index contributed by atoms with van der Waals surface area (Å²) in [6, 6.07) is 32.1. The van der Waals surface area contributed by atoms with Gasteiger partial charge in [0.15, 0.2) is 0 Å². The van der Waals surface area contributed by atoms with Crippen LogP contribution in [0, 0.1) is 17.8 Å². The van der Waals surface area contributed by atoms with Crippen LogP contribution in [0.15, 0.2) is 84.9 Å². The molecule has 29 heavy (non-hydrogen) atoms. The normalized spacial score (nSPS) is 30.0. The SMILES string of the molecule is c1ccc(P(c2ccccc2)c2ccc(C34CC5CC(CC(C5)C3)C4)cc2)cc1. The Kier molecular flexibility index (Phi) is 4.39. The van der Waals surface area contributed by atoms with Gasteiger partial charge in [0.05, 0.1) is 0 Å². The summed E-state index contributed by atoms with van der Waals surface area (Å²) in [6.45, 7) is 0. The highest BCUT2D eigenvalue weighted by atomic mass is 31.1. The highest BCUT2D eigenvalue weighted by Crippen LogP contribution is 2.60. The maximum Gasteiger partial charge on any atom is -0.00391 e. The molecule has 0 spiro atoms. The molecule has 4 aliphatic carbocycles. The zero-order valence-corrected chi connectivity index (χ0v) is 17.9. The monoisotopic (exact) mass is 396 g/mol. The lowest BCUT2D eigenvalue weighted by Gasteiger charge is -2.57. The summed E-state index contributed by atoms with van der Waals surface area (Å²) in [5, 5.41) is 4.36. The Morgan fingerprint density at radius 2 is 0.931 bits per heavy atom. The Morgan fingerprint density at radius 1 is 0.517 bits per heavy atom. The molecule has 3 aromatic carbocycles. The maximum absolute atomic E-state index is 2.50. The standard InChI is InChI=1S/C28H29P/c1-3-7-25(8-4-1)29(26-9-5-2-6-10-26)27-13-11-24(12-14-27)28-18-21-15-22(19-28)17-23(16-21)20-28/h1-14,21-23H,15-20H2. The topological polar surface area (TPSA) is 0 Å². The van der Waals surface area contributed by atoms with E-state index in [4.69, 9.17) is 0 Å². The third-order valence-corrected chi connectivity index (χ3v) is 10.2. The molecule has 0 aromatic heterocycles. The molecule has 0 N–H and O–H groups in total. The van der Waals surface area contributed by atoms with Crippen molar-refractivity contribution in [2.24, 2.45) is 17.8 Å². The van der Waals surface area contributed by atoms with Gasteiger partial charge in [-0.25, -0.2) is 0 Å². The Morgan fingerprint density at radius 3 is 1.38 bits per heavy atom. The molecule has 0 unspecified atom stereocenters. The van der Waals surface area contributed by atoms with E-state index in [1.807, 2.05) is 0 Å². The van der Waals surface area contributed by atoms with E-state index in [9.17, 15) is 0 Å². The van der Waals surface area contributed by atoms with Crippen molar-refractivity contribution in [2.45, 2.75) is 43.9 Å². The molecule has 4 fully saturated rings. The third kappa shape index (κ3) is 3.17. The number of rotatable bonds is 4. The minimum Gasteiger partial charge on any atom is -0.0622 e. The van der Waals surface area contributed by atoms with Crippen LogP contribution >= 0.6 is 7.92 Å². The second-order valence-electron chi connectivity index (χ2n) is 9.75. The van der Waals surface area contributed by atoms with Gasteiger partial charge in [-0.3, -0.25) is 0 Å². The molecule has 0 amide bonds. The van der Waals surface area contributed by atoms with Crippen molar-refractivity contribution in [3.63, 3.8) is 0 Å². The predicted octanol–water partition coefficient (Wildman–Crippen LogP) is 5.91. The average Bonchev–Trinajstić information content (AvgIpc) is 2.75. The largest absolute Gasteiger partial charge is 0.0622 e. The van der Waals surface area contributed by atoms with Crippen LogP contribution in [0.1, 0.15) is 44.1 Å². The Hall–Kier alpha value is -1.91. The molecule has 0 heterocycles. The van der Waals surface area contributed by atoms with Crippen molar-refractivity contribution in [2.75, 3.05) is 0 Å². The van der Waals surface area contributed by atoms with Gasteiger partial charge in [0.25, 0.3) is 0 Å². The van der Waals surface area contributed by atoms with Gasteiger partial charge in [-0.2, -0.15) is 0 Å². The van der Waals surface area contributed by atoms with Crippen molar-refractivity contribution in [3.05, 3.63) is 90.5 Å². The molecule has 0 saturated heterocycles. The smallest absolute Gasteiger partial charge is 0.00391 e. The third-order valence-electron chi connectivity index (χ3n) is 7.80. The minimum absolute atomic E-state index is 0.492. The first-order valence-corrected chi connectivity index (χ1v) is 12.6. The fourth-order valence-corrected chi connectivity index (χ4v) is 9.31. The molecular formula is C28H29P. The lowest BCUT2D eigenvalue weighted by Crippen LogP contribution is -2.48. The summed E-state index contributed by atoms with van der Waals surface area (Å²) in [6.07, 6.45) is 8.90. The number of benzene rings is 3. The summed E-state index contributed by atoms with van der Waals surface area (Å²) >= 11 is 0. The Bertz CT molecular complexity index is 899. The minimum atomic E-state index is -0.492. The van der Waals surface area contributed by atoms with Gasteiger partial charge in [0.2, 0.25) is 0 Å². The summed E-state index contributed by atoms with van der Waals surface area (Å²) in [4.78, 5) is 0. The first-order valence-electron chi connectivity index (χ1n) is 11.3. The van der Waals surface area contributed by atoms with Crippen molar-refractivity contribution < 1.29 is 0 Å². The van der Waals surface area contributed by atoms with E-state index < -0.39 is 7.92 Å². The first kappa shape index (κ1) is 17.9. The van der Waals surface area contributed by atoms with Gasteiger partial charge in [-0.05, 0) is 91.1 Å². The zero-order chi connectivity index (χ0) is 19.3. The molecule has 4 aliphatic rings. The molecule has 0 atom stereocenters. The van der Waals surface area contributed by atoms with E-state index in [-0.39, 0.29) is 0 Å². The molecule has 7 rings (SSSR count). The van der Waals surface area contributed by atoms with Crippen molar-refractivity contribution in [1.29, 1.82) is 0 Å². The van der Waals surface area contributed by atoms with E-state index in [1.54, 1.807) is 5.56 Å². The second kappa shape index (κ2) is 7.10. The van der Waals surface area contributed by atoms with Crippen LogP contribution < -0.4 is 15.9 Å². The van der Waals surface area contributed by atoms with Crippen molar-refractivity contribution in [1.82, 2.24) is 0 Å². The van der Waals surface area contributed by atoms with Crippen LogP contribution in [0.3, 0.4) is 0 Å². The molecule has 3 aromatic rings. The van der Waals surface area contributed by atoms with Gasteiger partial charge in [0.1, 0.15) is 0 Å². The summed E-state index contributed by atoms with van der Waals surface area (Å²) in [5.74, 6) is 3.02. The van der Waals surface area contributed by atoms with Crippen LogP contribution in [0.25, 0.3) is 0 Å². The van der Waals surface area contributed by atoms with Crippen LogP contribution in [-0.4, -0.2) is 0 Å². The molecule has 4 saturated carbocycles. The van der Waals surface area contributed by atoms with E-state index in [0.717, 1.165) is 17.8 Å². The van der Waals surface area contributed by atoms with Gasteiger partial charge in [-0.1, -0.05) is 84.9 Å². The van der Waals surface area contributed by atoms with E-state index in [0.29, 0.717) is 5.41 Å². The zero-order valence-electron chi connectivity index (χ0n) is 17.0. The van der Waals surface area contributed by atoms with Crippen LogP contribution in [0.2, 0.25) is 0 Å². The predicted molar refractivity (Wildman–Crippen MR) is 125 cm³/mol. The van der Waals surface area contributed by atoms with Crippen LogP contribution in [0.4, 0.5) is 0 Å². The van der Waals surface area contributed by atoms with Gasteiger partial charge >= 0.3 is 0 Å². The summed E-state index contributed by atoms with van der Waals surface area (Å²) in [5.41, 5.74) is 2.13. The fraction of sp³-hybridized carbons (Fsp3) is 0.357. The summed E-state index contributed by atoms with van der Waals surface area (Å²) in [7, 11) is -0.492. The second-order valence-corrected chi connectivity index (χ2v) is 12.0. The molecule has 1 heteroatoms. The van der Waals surface area contributed by atoms with E-state index >= 15 is 0 Å². The molecule has 146 valence electrons. The molecule has 0 aliphatic heterocycles. The molecule has 0 nitrogen and oxygen atoms in total. The van der Waals surface area contributed by atoms with Gasteiger partial charge < -0.3 is 0 Å². The highest BCUT2D eigenvalue weighted by molar-refractivity contribution is 7.79. The van der Waals surface area contributed by atoms with E-state index in [1.165, 1.54) is 54.4 Å². The maximum atomic E-state index is 2.50. The lowest BCUT2D eigenvalue weighted by atomic mass is 9.48. The average molecular weight is 397 g/mol. The van der Waals surface area contributed by atoms with Crippen molar-refractivity contribution in [3.8, 4) is 0 Å². The van der Waals surface area contributed by atoms with Crippen LogP contribution in [0.5, 0.6) is 0 Å². The van der Waals surface area contributed by atoms with Crippen LogP contribution in [-0.2, 0) is 5.41 Å². The fourth-order valence-electron chi connectivity index (χ4n) is 7.03. The molecular weight excluding hydrogens is 367 g/mol. The first-order chi connectivity index (χ1) is 14.3. The quantitative estimate of drug-likeness (QED) is 0.481. The highest BCUT2D eigenvalue weighted by Gasteiger charge is 2.51. The Balaban J connectivity index is 1.37. The van der Waals surface area contributed by atoms with Gasteiger partial charge in [-0.15, -0.1) is 0 Å². The van der Waals surface area contributed by atoms with Gasteiger partial charge in [0, 0.05) is 0 Å². The molecule has 4 bridgehead atoms. The summed E-state index contributed by atoms with van der Waals surface area (Å²) < 4.78 is 0. The van der Waals surface area contributed by atoms with Crippen molar-refractivity contribution >= 4 is 23.8 Å². The van der Waals surface area contributed by atoms with E-state index in [2.05, 4.69) is 84.9 Å². The number of hydrogen-bond acceptors (Lipinski definition) is 0.